The zero-order chi connectivity index (χ0) is 9.28. The summed E-state index contributed by atoms with van der Waals surface area (Å²) >= 11 is 5.30. The highest BCUT2D eigenvalue weighted by molar-refractivity contribution is 6.17. The van der Waals surface area contributed by atoms with Crippen LogP contribution in [0.5, 0.6) is 0 Å². The molecule has 11 heavy (non-hydrogen) atoms. The lowest BCUT2D eigenvalue weighted by Crippen LogP contribution is -2.25. The fourth-order valence-electron chi connectivity index (χ4n) is 0.134. The lowest BCUT2D eigenvalue weighted by atomic mass is 10.4. The van der Waals surface area contributed by atoms with Crippen LogP contribution in [-0.2, 0) is 4.79 Å². The van der Waals surface area contributed by atoms with Gasteiger partial charge >= 0.3 is 5.97 Å². The quantitative estimate of drug-likeness (QED) is 0.648. The van der Waals surface area contributed by atoms with Crippen molar-refractivity contribution in [3.63, 3.8) is 0 Å². The standard InChI is InChI=1S/C4H9Cl.C3H7NO2/c1-2-3-4-5;1-2(4)3(5)6/h2-4H2,1H3;2H,4H2,1H3,(H,5,6). The van der Waals surface area contributed by atoms with Crippen molar-refractivity contribution in [3.8, 4) is 0 Å². The van der Waals surface area contributed by atoms with Crippen LogP contribution >= 0.6 is 11.6 Å². The molecule has 0 aliphatic heterocycles. The summed E-state index contributed by atoms with van der Waals surface area (Å²) in [4.78, 5) is 9.57. The fourth-order valence-corrected chi connectivity index (χ4v) is 0.401. The van der Waals surface area contributed by atoms with Crippen LogP contribution in [0.1, 0.15) is 26.7 Å². The molecule has 1 atom stereocenters. The molecule has 3 nitrogen and oxygen atoms in total. The van der Waals surface area contributed by atoms with E-state index in [2.05, 4.69) is 6.92 Å². The molecule has 0 rings (SSSR count). The molecule has 0 amide bonds. The highest BCUT2D eigenvalue weighted by Crippen LogP contribution is 1.86. The number of nitrogens with two attached hydrogens (primary N) is 1. The molecule has 0 aromatic carbocycles. The summed E-state index contributed by atoms with van der Waals surface area (Å²) in [6.45, 7) is 3.55. The number of hydrogen-bond acceptors (Lipinski definition) is 2. The van der Waals surface area contributed by atoms with Gasteiger partial charge in [-0.05, 0) is 13.3 Å². The summed E-state index contributed by atoms with van der Waals surface area (Å²) in [6, 6.07) is -0.731. The third-order valence-electron chi connectivity index (χ3n) is 0.877. The monoisotopic (exact) mass is 181 g/mol. The van der Waals surface area contributed by atoms with Crippen molar-refractivity contribution >= 4 is 17.6 Å². The Balaban J connectivity index is 0. The number of unbranched alkanes of at least 4 members (excludes halogenated alkanes) is 1. The lowest BCUT2D eigenvalue weighted by Gasteiger charge is -1.90. The van der Waals surface area contributed by atoms with Gasteiger partial charge in [0, 0.05) is 5.88 Å². The molecular weight excluding hydrogens is 166 g/mol. The van der Waals surface area contributed by atoms with Crippen LogP contribution in [0.3, 0.4) is 0 Å². The lowest BCUT2D eigenvalue weighted by molar-refractivity contribution is -0.138. The number of aliphatic carboxylic acids is 1. The van der Waals surface area contributed by atoms with E-state index in [0.717, 1.165) is 12.3 Å². The Bertz CT molecular complexity index is 94.4. The summed E-state index contributed by atoms with van der Waals surface area (Å²) in [5, 5.41) is 7.87. The minimum atomic E-state index is -0.963. The van der Waals surface area contributed by atoms with E-state index < -0.39 is 12.0 Å². The highest BCUT2D eigenvalue weighted by Gasteiger charge is 1.99. The molecule has 0 aromatic heterocycles. The molecule has 0 aromatic rings. The van der Waals surface area contributed by atoms with Crippen LogP contribution < -0.4 is 5.73 Å². The minimum Gasteiger partial charge on any atom is -0.480 e. The highest BCUT2D eigenvalue weighted by atomic mass is 35.5. The SMILES string of the molecule is CC(N)C(=O)O.CCCCCl. The van der Waals surface area contributed by atoms with Gasteiger partial charge in [-0.25, -0.2) is 0 Å². The first-order valence-corrected chi connectivity index (χ1v) is 4.14. The maximum Gasteiger partial charge on any atom is 0.320 e. The Morgan fingerprint density at radius 1 is 1.73 bits per heavy atom. The van der Waals surface area contributed by atoms with E-state index in [1.54, 1.807) is 0 Å². The zero-order valence-electron chi connectivity index (χ0n) is 7.01. The first kappa shape index (κ1) is 13.3. The molecule has 0 bridgehead atoms. The maximum atomic E-state index is 9.57. The van der Waals surface area contributed by atoms with Crippen molar-refractivity contribution in [2.24, 2.45) is 5.73 Å². The van der Waals surface area contributed by atoms with Crippen molar-refractivity contribution in [1.82, 2.24) is 0 Å². The Morgan fingerprint density at radius 2 is 2.09 bits per heavy atom. The molecule has 4 heteroatoms. The molecule has 0 aliphatic carbocycles. The van der Waals surface area contributed by atoms with Crippen LogP contribution in [0.25, 0.3) is 0 Å². The predicted molar refractivity (Wildman–Crippen MR) is 46.9 cm³/mol. The Morgan fingerprint density at radius 3 is 2.09 bits per heavy atom. The zero-order valence-corrected chi connectivity index (χ0v) is 7.77. The van der Waals surface area contributed by atoms with Crippen molar-refractivity contribution in [2.75, 3.05) is 5.88 Å². The molecule has 0 spiro atoms. The number of hydrogen-bond donors (Lipinski definition) is 2. The third kappa shape index (κ3) is 17.7. The van der Waals surface area contributed by atoms with Gasteiger partial charge in [-0.2, -0.15) is 0 Å². The summed E-state index contributed by atoms with van der Waals surface area (Å²) in [5.74, 6) is -0.147. The van der Waals surface area contributed by atoms with Crippen molar-refractivity contribution in [1.29, 1.82) is 0 Å². The average molecular weight is 182 g/mol. The third-order valence-corrected chi connectivity index (χ3v) is 1.14. The van der Waals surface area contributed by atoms with Crippen LogP contribution in [0.4, 0.5) is 0 Å². The molecule has 1 unspecified atom stereocenters. The molecule has 0 aliphatic rings. The van der Waals surface area contributed by atoms with Gasteiger partial charge in [0.2, 0.25) is 0 Å². The number of alkyl halides is 1. The summed E-state index contributed by atoms with van der Waals surface area (Å²) in [6.07, 6.45) is 2.37. The summed E-state index contributed by atoms with van der Waals surface area (Å²) in [5.41, 5.74) is 4.84. The Labute approximate surface area is 72.5 Å². The van der Waals surface area contributed by atoms with Gasteiger partial charge in [-0.1, -0.05) is 13.3 Å². The Hall–Kier alpha value is -0.280. The second kappa shape index (κ2) is 9.72. The van der Waals surface area contributed by atoms with Crippen LogP contribution in [-0.4, -0.2) is 23.0 Å². The molecule has 0 saturated heterocycles. The van der Waals surface area contributed by atoms with Gasteiger partial charge in [0.25, 0.3) is 0 Å². The first-order chi connectivity index (χ1) is 5.06. The van der Waals surface area contributed by atoms with E-state index in [1.807, 2.05) is 0 Å². The summed E-state index contributed by atoms with van der Waals surface area (Å²) < 4.78 is 0. The number of carbonyl (C=O) groups is 1. The van der Waals surface area contributed by atoms with E-state index >= 15 is 0 Å². The molecule has 0 saturated carbocycles. The van der Waals surface area contributed by atoms with Gasteiger partial charge in [-0.3, -0.25) is 4.79 Å². The number of carboxylic acids is 1. The average Bonchev–Trinajstić information content (AvgIpc) is 1.90. The normalized spacial score (nSPS) is 11.3. The number of halogens is 1. The van der Waals surface area contributed by atoms with Gasteiger partial charge in [0.1, 0.15) is 6.04 Å². The predicted octanol–water partition coefficient (Wildman–Crippen LogP) is 1.44. The smallest absolute Gasteiger partial charge is 0.320 e. The van der Waals surface area contributed by atoms with Gasteiger partial charge in [0.05, 0.1) is 0 Å². The molecule has 0 radical (unpaired) electrons. The molecule has 0 fully saturated rings. The van der Waals surface area contributed by atoms with E-state index in [1.165, 1.54) is 13.3 Å². The van der Waals surface area contributed by atoms with Gasteiger partial charge in [0.15, 0.2) is 0 Å². The second-order valence-electron chi connectivity index (χ2n) is 2.17. The van der Waals surface area contributed by atoms with E-state index in [9.17, 15) is 4.79 Å². The van der Waals surface area contributed by atoms with Crippen molar-refractivity contribution in [2.45, 2.75) is 32.7 Å². The Kier molecular flexibility index (Phi) is 11.8. The van der Waals surface area contributed by atoms with Crippen molar-refractivity contribution in [3.05, 3.63) is 0 Å². The number of rotatable bonds is 3. The van der Waals surface area contributed by atoms with E-state index in [0.29, 0.717) is 0 Å². The summed E-state index contributed by atoms with van der Waals surface area (Å²) in [7, 11) is 0. The van der Waals surface area contributed by atoms with Crippen LogP contribution in [0.15, 0.2) is 0 Å². The van der Waals surface area contributed by atoms with Gasteiger partial charge in [-0.15, -0.1) is 11.6 Å². The van der Waals surface area contributed by atoms with E-state index in [4.69, 9.17) is 22.4 Å². The second-order valence-corrected chi connectivity index (χ2v) is 2.55. The molecular formula is C7H16ClNO2. The van der Waals surface area contributed by atoms with Crippen molar-refractivity contribution < 1.29 is 9.90 Å². The molecule has 68 valence electrons. The topological polar surface area (TPSA) is 63.3 Å². The fraction of sp³-hybridized carbons (Fsp3) is 0.857. The molecule has 3 N–H and O–H groups in total. The van der Waals surface area contributed by atoms with Crippen LogP contribution in [0.2, 0.25) is 0 Å². The minimum absolute atomic E-state index is 0.731. The first-order valence-electron chi connectivity index (χ1n) is 3.60. The van der Waals surface area contributed by atoms with Gasteiger partial charge < -0.3 is 10.8 Å². The number of carboxylic acid groups (broad SMARTS) is 1. The van der Waals surface area contributed by atoms with E-state index in [-0.39, 0.29) is 0 Å². The molecule has 0 heterocycles. The largest absolute Gasteiger partial charge is 0.480 e. The van der Waals surface area contributed by atoms with Crippen LogP contribution in [0, 0.1) is 0 Å². The maximum absolute atomic E-state index is 9.57.